The lowest BCUT2D eigenvalue weighted by molar-refractivity contribution is -0.109. The van der Waals surface area contributed by atoms with Gasteiger partial charge >= 0.3 is 5.97 Å². The van der Waals surface area contributed by atoms with Crippen LogP contribution in [0.5, 0.6) is 0 Å². The lowest BCUT2D eigenvalue weighted by Crippen LogP contribution is -1.98. The minimum Gasteiger partial charge on any atom is -0.478 e. The van der Waals surface area contributed by atoms with E-state index in [0.29, 0.717) is 11.3 Å². The van der Waals surface area contributed by atoms with Crippen molar-refractivity contribution in [3.05, 3.63) is 41.5 Å². The Morgan fingerprint density at radius 1 is 1.38 bits per heavy atom. The second kappa shape index (κ2) is 6.12. The molecular weight excluding hydrogens is 224 g/mol. The largest absolute Gasteiger partial charge is 0.478 e. The zero-order chi connectivity index (χ0) is 12.0. The zero-order valence-electron chi connectivity index (χ0n) is 8.84. The molecule has 84 valence electrons. The molecule has 0 unspecified atom stereocenters. The summed E-state index contributed by atoms with van der Waals surface area (Å²) in [5.74, 6) is -0.386. The van der Waals surface area contributed by atoms with Crippen molar-refractivity contribution < 1.29 is 14.7 Å². The fourth-order valence-corrected chi connectivity index (χ4v) is 1.60. The van der Waals surface area contributed by atoms with Crippen molar-refractivity contribution in [3.8, 4) is 0 Å². The summed E-state index contributed by atoms with van der Waals surface area (Å²) in [6.45, 7) is 1.50. The number of carbonyl (C=O) groups excluding carboxylic acids is 1. The van der Waals surface area contributed by atoms with E-state index in [4.69, 9.17) is 5.11 Å². The Bertz CT molecular complexity index is 424. The summed E-state index contributed by atoms with van der Waals surface area (Å²) in [6, 6.07) is 6.76. The average molecular weight is 236 g/mol. The van der Waals surface area contributed by atoms with E-state index in [2.05, 4.69) is 0 Å². The van der Waals surface area contributed by atoms with Gasteiger partial charge in [-0.3, -0.25) is 4.79 Å². The highest BCUT2D eigenvalue weighted by Crippen LogP contribution is 2.11. The van der Waals surface area contributed by atoms with Gasteiger partial charge in [-0.1, -0.05) is 42.1 Å². The van der Waals surface area contributed by atoms with Gasteiger partial charge in [-0.15, -0.1) is 0 Å². The zero-order valence-corrected chi connectivity index (χ0v) is 9.66. The van der Waals surface area contributed by atoms with Crippen molar-refractivity contribution in [2.24, 2.45) is 0 Å². The Morgan fingerprint density at radius 3 is 2.69 bits per heavy atom. The Kier molecular flexibility index (Phi) is 4.79. The van der Waals surface area contributed by atoms with Gasteiger partial charge in [0.25, 0.3) is 0 Å². The van der Waals surface area contributed by atoms with E-state index in [0.717, 1.165) is 0 Å². The highest BCUT2D eigenvalue weighted by molar-refractivity contribution is 8.13. The van der Waals surface area contributed by atoms with Gasteiger partial charge in [0.1, 0.15) is 0 Å². The molecule has 1 aromatic rings. The van der Waals surface area contributed by atoms with Crippen LogP contribution in [0.25, 0.3) is 6.08 Å². The van der Waals surface area contributed by atoms with Crippen LogP contribution in [0.3, 0.4) is 0 Å². The molecule has 0 bridgehead atoms. The van der Waals surface area contributed by atoms with Gasteiger partial charge in [-0.2, -0.15) is 0 Å². The Hall–Kier alpha value is -1.55. The lowest BCUT2D eigenvalue weighted by Gasteiger charge is -1.99. The Morgan fingerprint density at radius 2 is 2.06 bits per heavy atom. The van der Waals surface area contributed by atoms with Gasteiger partial charge in [-0.25, -0.2) is 4.79 Å². The summed E-state index contributed by atoms with van der Waals surface area (Å²) in [6.07, 6.45) is 3.51. The molecule has 0 spiro atoms. The van der Waals surface area contributed by atoms with E-state index in [1.165, 1.54) is 18.7 Å². The predicted octanol–water partition coefficient (Wildman–Crippen LogP) is 2.68. The number of hydrogen-bond donors (Lipinski definition) is 1. The smallest absolute Gasteiger partial charge is 0.336 e. The molecule has 0 aliphatic heterocycles. The summed E-state index contributed by atoms with van der Waals surface area (Å²) < 4.78 is 0. The number of carboxylic acids is 1. The normalized spacial score (nSPS) is 10.6. The van der Waals surface area contributed by atoms with Crippen LogP contribution in [0, 0.1) is 0 Å². The third kappa shape index (κ3) is 3.90. The maximum absolute atomic E-state index is 10.9. The molecule has 0 saturated carbocycles. The van der Waals surface area contributed by atoms with Crippen molar-refractivity contribution in [1.82, 2.24) is 0 Å². The summed E-state index contributed by atoms with van der Waals surface area (Å²) in [4.78, 5) is 21.5. The molecule has 16 heavy (non-hydrogen) atoms. The molecule has 0 amide bonds. The highest BCUT2D eigenvalue weighted by Gasteiger charge is 2.05. The molecule has 0 radical (unpaired) electrons. The molecule has 0 aliphatic carbocycles. The quantitative estimate of drug-likeness (QED) is 0.873. The van der Waals surface area contributed by atoms with Crippen LogP contribution in [0.1, 0.15) is 22.8 Å². The first-order valence-electron chi connectivity index (χ1n) is 4.73. The number of aromatic carboxylic acids is 1. The number of benzene rings is 1. The third-order valence-electron chi connectivity index (χ3n) is 1.87. The van der Waals surface area contributed by atoms with E-state index in [9.17, 15) is 9.59 Å². The molecular formula is C12H12O3S. The molecule has 0 fully saturated rings. The van der Waals surface area contributed by atoms with Gasteiger partial charge < -0.3 is 5.11 Å². The first-order valence-corrected chi connectivity index (χ1v) is 5.72. The first-order chi connectivity index (χ1) is 7.61. The van der Waals surface area contributed by atoms with Gasteiger partial charge in [0.15, 0.2) is 5.12 Å². The summed E-state index contributed by atoms with van der Waals surface area (Å²) >= 11 is 1.19. The maximum Gasteiger partial charge on any atom is 0.336 e. The Balaban J connectivity index is 2.73. The SMILES string of the molecule is CC(=O)SCC=Cc1ccccc1C(=O)O. The van der Waals surface area contributed by atoms with Gasteiger partial charge in [0.05, 0.1) is 5.56 Å². The van der Waals surface area contributed by atoms with E-state index in [1.807, 2.05) is 0 Å². The fraction of sp³-hybridized carbons (Fsp3) is 0.167. The van der Waals surface area contributed by atoms with Crippen LogP contribution in [0.2, 0.25) is 0 Å². The van der Waals surface area contributed by atoms with E-state index in [-0.39, 0.29) is 10.7 Å². The molecule has 0 aliphatic rings. The molecule has 0 saturated heterocycles. The van der Waals surface area contributed by atoms with Crippen LogP contribution in [-0.2, 0) is 4.79 Å². The molecule has 1 aromatic carbocycles. The van der Waals surface area contributed by atoms with E-state index in [1.54, 1.807) is 36.4 Å². The third-order valence-corrected chi connectivity index (χ3v) is 2.64. The summed E-state index contributed by atoms with van der Waals surface area (Å²) in [5, 5.41) is 8.97. The minimum absolute atomic E-state index is 0.0520. The second-order valence-electron chi connectivity index (χ2n) is 3.10. The summed E-state index contributed by atoms with van der Waals surface area (Å²) in [5.41, 5.74) is 0.922. The van der Waals surface area contributed by atoms with Gasteiger partial charge in [0.2, 0.25) is 0 Å². The number of carboxylic acid groups (broad SMARTS) is 1. The fourth-order valence-electron chi connectivity index (χ4n) is 1.18. The molecule has 3 nitrogen and oxygen atoms in total. The van der Waals surface area contributed by atoms with Crippen LogP contribution in [0.15, 0.2) is 30.3 Å². The maximum atomic E-state index is 10.9. The van der Waals surface area contributed by atoms with Gasteiger partial charge in [0, 0.05) is 12.7 Å². The van der Waals surface area contributed by atoms with Crippen LogP contribution in [-0.4, -0.2) is 21.9 Å². The predicted molar refractivity (Wildman–Crippen MR) is 65.6 cm³/mol. The van der Waals surface area contributed by atoms with Crippen molar-refractivity contribution >= 4 is 28.9 Å². The van der Waals surface area contributed by atoms with Crippen LogP contribution < -0.4 is 0 Å². The molecule has 4 heteroatoms. The number of hydrogen-bond acceptors (Lipinski definition) is 3. The van der Waals surface area contributed by atoms with Crippen LogP contribution in [0.4, 0.5) is 0 Å². The van der Waals surface area contributed by atoms with Crippen molar-refractivity contribution in [3.63, 3.8) is 0 Å². The topological polar surface area (TPSA) is 54.4 Å². The average Bonchev–Trinajstić information content (AvgIpc) is 2.24. The number of rotatable bonds is 4. The van der Waals surface area contributed by atoms with Crippen molar-refractivity contribution in [2.45, 2.75) is 6.92 Å². The van der Waals surface area contributed by atoms with Crippen molar-refractivity contribution in [2.75, 3.05) is 5.75 Å². The van der Waals surface area contributed by atoms with E-state index < -0.39 is 5.97 Å². The molecule has 0 atom stereocenters. The molecule has 1 N–H and O–H groups in total. The molecule has 0 heterocycles. The highest BCUT2D eigenvalue weighted by atomic mass is 32.2. The van der Waals surface area contributed by atoms with Crippen molar-refractivity contribution in [1.29, 1.82) is 0 Å². The molecule has 1 rings (SSSR count). The minimum atomic E-state index is -0.945. The van der Waals surface area contributed by atoms with Crippen LogP contribution >= 0.6 is 11.8 Å². The monoisotopic (exact) mass is 236 g/mol. The summed E-state index contributed by atoms with van der Waals surface area (Å²) in [7, 11) is 0. The van der Waals surface area contributed by atoms with Gasteiger partial charge in [-0.05, 0) is 11.6 Å². The standard InChI is InChI=1S/C12H12O3S/c1-9(13)16-8-4-6-10-5-2-3-7-11(10)12(14)15/h2-7H,8H2,1H3,(H,14,15). The first kappa shape index (κ1) is 12.5. The lowest BCUT2D eigenvalue weighted by atomic mass is 10.1. The number of thioether (sulfide) groups is 1. The Labute approximate surface area is 98.2 Å². The van der Waals surface area contributed by atoms with E-state index >= 15 is 0 Å². The molecule has 0 aromatic heterocycles. The second-order valence-corrected chi connectivity index (χ2v) is 4.29. The number of carbonyl (C=O) groups is 2.